The van der Waals surface area contributed by atoms with Crippen molar-refractivity contribution in [1.29, 1.82) is 0 Å². The average Bonchev–Trinajstić information content (AvgIpc) is 2.68. The summed E-state index contributed by atoms with van der Waals surface area (Å²) < 4.78 is 28.2. The number of likely N-dealkylation sites (tertiary alicyclic amines) is 1. The highest BCUT2D eigenvalue weighted by Gasteiger charge is 2.28. The van der Waals surface area contributed by atoms with Crippen LogP contribution in [0.3, 0.4) is 0 Å². The number of ketones is 1. The molecule has 1 N–H and O–H groups in total. The highest BCUT2D eigenvalue weighted by Crippen LogP contribution is 2.25. The molecule has 1 aliphatic rings. The zero-order chi connectivity index (χ0) is 20.3. The van der Waals surface area contributed by atoms with Crippen LogP contribution in [0.15, 0.2) is 53.4 Å². The van der Waals surface area contributed by atoms with Gasteiger partial charge in [-0.3, -0.25) is 14.3 Å². The summed E-state index contributed by atoms with van der Waals surface area (Å²) in [6.45, 7) is 4.28. The SMILES string of the molecule is CC(=O)C1CCN(C(=O)c2ccccc2NS(=O)(=O)c2ccccc2C)CC1. The van der Waals surface area contributed by atoms with Crippen molar-refractivity contribution < 1.29 is 18.0 Å². The van der Waals surface area contributed by atoms with Crippen LogP contribution in [0, 0.1) is 12.8 Å². The van der Waals surface area contributed by atoms with Crippen LogP contribution in [0.1, 0.15) is 35.7 Å². The van der Waals surface area contributed by atoms with Gasteiger partial charge in [0.05, 0.1) is 16.1 Å². The predicted molar refractivity (Wildman–Crippen MR) is 108 cm³/mol. The number of para-hydroxylation sites is 1. The molecule has 0 saturated carbocycles. The third kappa shape index (κ3) is 4.25. The summed E-state index contributed by atoms with van der Waals surface area (Å²) in [6, 6.07) is 13.3. The number of benzene rings is 2. The Hall–Kier alpha value is -2.67. The van der Waals surface area contributed by atoms with E-state index in [9.17, 15) is 18.0 Å². The molecule has 2 aromatic carbocycles. The fraction of sp³-hybridized carbons (Fsp3) is 0.333. The molecule has 1 amide bonds. The van der Waals surface area contributed by atoms with E-state index in [0.717, 1.165) is 0 Å². The van der Waals surface area contributed by atoms with Crippen LogP contribution < -0.4 is 4.72 Å². The molecule has 0 unspecified atom stereocenters. The maximum Gasteiger partial charge on any atom is 0.262 e. The minimum Gasteiger partial charge on any atom is -0.339 e. The number of nitrogens with one attached hydrogen (secondary N) is 1. The van der Waals surface area contributed by atoms with Gasteiger partial charge >= 0.3 is 0 Å². The maximum atomic E-state index is 13.0. The summed E-state index contributed by atoms with van der Waals surface area (Å²) >= 11 is 0. The molecule has 6 nitrogen and oxygen atoms in total. The lowest BCUT2D eigenvalue weighted by Gasteiger charge is -2.31. The van der Waals surface area contributed by atoms with Gasteiger partial charge in [0.25, 0.3) is 15.9 Å². The number of hydrogen-bond acceptors (Lipinski definition) is 4. The minimum atomic E-state index is -3.82. The van der Waals surface area contributed by atoms with E-state index in [2.05, 4.69) is 4.72 Å². The van der Waals surface area contributed by atoms with Crippen molar-refractivity contribution >= 4 is 27.4 Å². The van der Waals surface area contributed by atoms with Gasteiger partial charge in [0.2, 0.25) is 0 Å². The van der Waals surface area contributed by atoms with Gasteiger partial charge in [0, 0.05) is 19.0 Å². The largest absolute Gasteiger partial charge is 0.339 e. The van der Waals surface area contributed by atoms with E-state index >= 15 is 0 Å². The molecule has 0 atom stereocenters. The Morgan fingerprint density at radius 2 is 1.61 bits per heavy atom. The fourth-order valence-corrected chi connectivity index (χ4v) is 4.80. The Morgan fingerprint density at radius 1 is 1.00 bits per heavy atom. The summed E-state index contributed by atoms with van der Waals surface area (Å²) in [5.74, 6) is -0.0811. The van der Waals surface area contributed by atoms with E-state index in [1.54, 1.807) is 61.2 Å². The van der Waals surface area contributed by atoms with Crippen LogP contribution in [-0.4, -0.2) is 38.1 Å². The van der Waals surface area contributed by atoms with Crippen molar-refractivity contribution in [3.8, 4) is 0 Å². The number of Topliss-reactive ketones (excluding diaryl/α,β-unsaturated/α-hetero) is 1. The molecule has 0 spiro atoms. The molecule has 28 heavy (non-hydrogen) atoms. The number of nitrogens with zero attached hydrogens (tertiary/aromatic N) is 1. The smallest absolute Gasteiger partial charge is 0.262 e. The van der Waals surface area contributed by atoms with Crippen molar-refractivity contribution in [1.82, 2.24) is 4.90 Å². The normalized spacial score (nSPS) is 15.3. The minimum absolute atomic E-state index is 0.00106. The highest BCUT2D eigenvalue weighted by atomic mass is 32.2. The molecule has 1 fully saturated rings. The summed E-state index contributed by atoms with van der Waals surface area (Å²) in [5.41, 5.74) is 1.19. The number of rotatable bonds is 5. The van der Waals surface area contributed by atoms with Crippen LogP contribution in [0.25, 0.3) is 0 Å². The van der Waals surface area contributed by atoms with Gasteiger partial charge in [0.15, 0.2) is 0 Å². The monoisotopic (exact) mass is 400 g/mol. The molecule has 0 aromatic heterocycles. The first-order valence-electron chi connectivity index (χ1n) is 9.27. The number of piperidine rings is 1. The lowest BCUT2D eigenvalue weighted by Crippen LogP contribution is -2.40. The Kier molecular flexibility index (Phi) is 5.84. The zero-order valence-corrected chi connectivity index (χ0v) is 16.8. The number of sulfonamides is 1. The first-order valence-corrected chi connectivity index (χ1v) is 10.7. The van der Waals surface area contributed by atoms with Crippen LogP contribution in [0.2, 0.25) is 0 Å². The van der Waals surface area contributed by atoms with Crippen molar-refractivity contribution in [2.24, 2.45) is 5.92 Å². The lowest BCUT2D eigenvalue weighted by atomic mass is 9.93. The van der Waals surface area contributed by atoms with E-state index < -0.39 is 10.0 Å². The van der Waals surface area contributed by atoms with E-state index in [-0.39, 0.29) is 28.2 Å². The van der Waals surface area contributed by atoms with Crippen molar-refractivity contribution in [3.05, 3.63) is 59.7 Å². The van der Waals surface area contributed by atoms with Crippen molar-refractivity contribution in [2.75, 3.05) is 17.8 Å². The van der Waals surface area contributed by atoms with Gasteiger partial charge in [-0.25, -0.2) is 8.42 Å². The quantitative estimate of drug-likeness (QED) is 0.835. The summed E-state index contributed by atoms with van der Waals surface area (Å²) in [5, 5.41) is 0. The number of hydrogen-bond donors (Lipinski definition) is 1. The molecule has 7 heteroatoms. The first-order chi connectivity index (χ1) is 13.3. The van der Waals surface area contributed by atoms with Crippen molar-refractivity contribution in [2.45, 2.75) is 31.6 Å². The number of amides is 1. The molecule has 1 saturated heterocycles. The van der Waals surface area contributed by atoms with Crippen LogP contribution >= 0.6 is 0 Å². The maximum absolute atomic E-state index is 13.0. The van der Waals surface area contributed by atoms with Crippen LogP contribution in [-0.2, 0) is 14.8 Å². The second kappa shape index (κ2) is 8.14. The average molecular weight is 401 g/mol. The Labute approximate surface area is 165 Å². The Balaban J connectivity index is 1.83. The number of aryl methyl sites for hydroxylation is 1. The second-order valence-electron chi connectivity index (χ2n) is 7.09. The number of carbonyl (C=O) groups is 2. The second-order valence-corrected chi connectivity index (χ2v) is 8.74. The Bertz CT molecular complexity index is 993. The third-order valence-electron chi connectivity index (χ3n) is 5.14. The van der Waals surface area contributed by atoms with E-state index in [1.807, 2.05) is 0 Å². The number of anilines is 1. The molecule has 1 aliphatic heterocycles. The predicted octanol–water partition coefficient (Wildman–Crippen LogP) is 3.24. The molecule has 0 radical (unpaired) electrons. The van der Waals surface area contributed by atoms with E-state index in [1.165, 1.54) is 6.07 Å². The molecule has 1 heterocycles. The zero-order valence-electron chi connectivity index (χ0n) is 16.0. The third-order valence-corrected chi connectivity index (χ3v) is 6.67. The summed E-state index contributed by atoms with van der Waals surface area (Å²) in [4.78, 5) is 26.4. The first kappa shape index (κ1) is 20.1. The molecular weight excluding hydrogens is 376 g/mol. The number of carbonyl (C=O) groups excluding carboxylic acids is 2. The van der Waals surface area contributed by atoms with Crippen LogP contribution in [0.5, 0.6) is 0 Å². The highest BCUT2D eigenvalue weighted by molar-refractivity contribution is 7.92. The van der Waals surface area contributed by atoms with Gasteiger partial charge in [-0.05, 0) is 50.5 Å². The fourth-order valence-electron chi connectivity index (χ4n) is 3.48. The van der Waals surface area contributed by atoms with Gasteiger partial charge in [-0.1, -0.05) is 30.3 Å². The van der Waals surface area contributed by atoms with Gasteiger partial charge < -0.3 is 4.90 Å². The van der Waals surface area contributed by atoms with E-state index in [4.69, 9.17) is 0 Å². The molecule has 0 aliphatic carbocycles. The van der Waals surface area contributed by atoms with E-state index in [0.29, 0.717) is 37.1 Å². The Morgan fingerprint density at radius 3 is 2.25 bits per heavy atom. The molecule has 148 valence electrons. The topological polar surface area (TPSA) is 83.6 Å². The standard InChI is InChI=1S/C21H24N2O4S/c1-15-7-3-6-10-20(15)28(26,27)22-19-9-5-4-8-18(19)21(25)23-13-11-17(12-14-23)16(2)24/h3-10,17,22H,11-14H2,1-2H3. The van der Waals surface area contributed by atoms with Gasteiger partial charge in [-0.15, -0.1) is 0 Å². The summed E-state index contributed by atoms with van der Waals surface area (Å²) in [7, 11) is -3.82. The van der Waals surface area contributed by atoms with Crippen LogP contribution in [0.4, 0.5) is 5.69 Å². The lowest BCUT2D eigenvalue weighted by molar-refractivity contribution is -0.121. The molecule has 3 rings (SSSR count). The van der Waals surface area contributed by atoms with Gasteiger partial charge in [0.1, 0.15) is 5.78 Å². The molecule has 0 bridgehead atoms. The van der Waals surface area contributed by atoms with Crippen molar-refractivity contribution in [3.63, 3.8) is 0 Å². The van der Waals surface area contributed by atoms with Gasteiger partial charge in [-0.2, -0.15) is 0 Å². The summed E-state index contributed by atoms with van der Waals surface area (Å²) in [6.07, 6.45) is 1.27. The molecule has 2 aromatic rings. The molecular formula is C21H24N2O4S.